The van der Waals surface area contributed by atoms with E-state index in [4.69, 9.17) is 16.6 Å². The van der Waals surface area contributed by atoms with Crippen molar-refractivity contribution in [1.29, 1.82) is 0 Å². The first-order valence-electron chi connectivity index (χ1n) is 12.6. The summed E-state index contributed by atoms with van der Waals surface area (Å²) in [6, 6.07) is 9.66. The van der Waals surface area contributed by atoms with Crippen molar-refractivity contribution < 1.29 is 9.18 Å². The number of benzene rings is 1. The molecule has 1 saturated heterocycles. The van der Waals surface area contributed by atoms with E-state index in [1.807, 2.05) is 38.8 Å². The minimum absolute atomic E-state index is 0.00546. The number of hydrogen-bond acceptors (Lipinski definition) is 6. The molecule has 0 saturated carbocycles. The highest BCUT2D eigenvalue weighted by molar-refractivity contribution is 6.33. The van der Waals surface area contributed by atoms with Crippen LogP contribution in [0.1, 0.15) is 31.0 Å². The lowest BCUT2D eigenvalue weighted by Gasteiger charge is -2.44. The fraction of sp³-hybridized carbons (Fsp3) is 0.276. The second-order valence-corrected chi connectivity index (χ2v) is 10.4. The Balaban J connectivity index is 1.79. The Morgan fingerprint density at radius 3 is 2.62 bits per heavy atom. The maximum Gasteiger partial charge on any atom is 0.355 e. The molecule has 8 nitrogen and oxygen atoms in total. The van der Waals surface area contributed by atoms with Gasteiger partial charge in [0.25, 0.3) is 0 Å². The van der Waals surface area contributed by atoms with Gasteiger partial charge in [0.15, 0.2) is 5.65 Å². The van der Waals surface area contributed by atoms with E-state index in [1.54, 1.807) is 35.4 Å². The number of likely N-dealkylation sites (N-methyl/N-ethyl adjacent to an activating group) is 1. The quantitative estimate of drug-likeness (QED) is 0.320. The minimum atomic E-state index is -0.546. The molecule has 4 heterocycles. The summed E-state index contributed by atoms with van der Waals surface area (Å²) in [6.07, 6.45) is 2.99. The summed E-state index contributed by atoms with van der Waals surface area (Å²) >= 11 is 6.71. The van der Waals surface area contributed by atoms with Gasteiger partial charge in [0.05, 0.1) is 33.5 Å². The number of rotatable bonds is 6. The SMILES string of the molecule is C=CC(=O)N1CC(N(C)c2nc(=O)n(-c3c(C)ccnc3C(C)C)c3nc(-c4ccccc4F)c(Cl)cc23)C1. The Morgan fingerprint density at radius 1 is 1.23 bits per heavy atom. The largest absolute Gasteiger partial charge is 0.355 e. The van der Waals surface area contributed by atoms with E-state index in [1.165, 1.54) is 16.7 Å². The van der Waals surface area contributed by atoms with Crippen molar-refractivity contribution in [3.8, 4) is 16.9 Å². The first-order valence-corrected chi connectivity index (χ1v) is 13.0. The van der Waals surface area contributed by atoms with Crippen LogP contribution in [0.5, 0.6) is 0 Å². The highest BCUT2D eigenvalue weighted by Gasteiger charge is 2.34. The number of halogens is 2. The third-order valence-corrected chi connectivity index (χ3v) is 7.37. The predicted molar refractivity (Wildman–Crippen MR) is 151 cm³/mol. The zero-order chi connectivity index (χ0) is 28.0. The molecule has 1 aliphatic heterocycles. The highest BCUT2D eigenvalue weighted by Crippen LogP contribution is 2.36. The summed E-state index contributed by atoms with van der Waals surface area (Å²) in [5.41, 5.74) is 2.30. The Hall–Kier alpha value is -4.11. The van der Waals surface area contributed by atoms with Gasteiger partial charge in [-0.15, -0.1) is 0 Å². The maximum absolute atomic E-state index is 14.9. The molecule has 39 heavy (non-hydrogen) atoms. The molecule has 1 aliphatic rings. The number of likely N-dealkylation sites (tertiary alicyclic amines) is 1. The van der Waals surface area contributed by atoms with Gasteiger partial charge in [-0.05, 0) is 48.7 Å². The van der Waals surface area contributed by atoms with Crippen molar-refractivity contribution >= 4 is 34.4 Å². The van der Waals surface area contributed by atoms with Gasteiger partial charge < -0.3 is 9.80 Å². The number of carbonyl (C=O) groups is 1. The third-order valence-electron chi connectivity index (χ3n) is 7.09. The lowest BCUT2D eigenvalue weighted by atomic mass is 10.0. The van der Waals surface area contributed by atoms with Crippen LogP contribution in [-0.2, 0) is 4.79 Å². The van der Waals surface area contributed by atoms with Crippen LogP contribution in [0.2, 0.25) is 5.02 Å². The van der Waals surface area contributed by atoms with E-state index in [2.05, 4.69) is 16.5 Å². The fourth-order valence-corrected chi connectivity index (χ4v) is 5.14. The fourth-order valence-electron chi connectivity index (χ4n) is 4.89. The summed E-state index contributed by atoms with van der Waals surface area (Å²) in [5.74, 6) is -0.246. The molecule has 5 rings (SSSR count). The molecule has 1 aromatic carbocycles. The van der Waals surface area contributed by atoms with Crippen molar-refractivity contribution in [2.45, 2.75) is 32.7 Å². The Bertz CT molecular complexity index is 1680. The number of aryl methyl sites for hydroxylation is 1. The third kappa shape index (κ3) is 4.57. The molecule has 1 amide bonds. The average molecular weight is 547 g/mol. The number of hydrogen-bond donors (Lipinski definition) is 0. The van der Waals surface area contributed by atoms with E-state index in [9.17, 15) is 14.0 Å². The van der Waals surface area contributed by atoms with Gasteiger partial charge in [-0.2, -0.15) is 4.98 Å². The van der Waals surface area contributed by atoms with Crippen LogP contribution in [0.3, 0.4) is 0 Å². The Labute approximate surface area is 230 Å². The lowest BCUT2D eigenvalue weighted by Crippen LogP contribution is -2.60. The Morgan fingerprint density at radius 2 is 1.95 bits per heavy atom. The number of anilines is 1. The molecule has 1 fully saturated rings. The van der Waals surface area contributed by atoms with Gasteiger partial charge in [0.2, 0.25) is 5.91 Å². The van der Waals surface area contributed by atoms with Crippen molar-refractivity contribution in [1.82, 2.24) is 24.4 Å². The predicted octanol–water partition coefficient (Wildman–Crippen LogP) is 4.90. The maximum atomic E-state index is 14.9. The summed E-state index contributed by atoms with van der Waals surface area (Å²) in [5, 5.41) is 0.743. The molecule has 4 aromatic rings. The molecular formula is C29H28ClFN6O2. The molecule has 0 aliphatic carbocycles. The monoisotopic (exact) mass is 546 g/mol. The highest BCUT2D eigenvalue weighted by atomic mass is 35.5. The molecule has 0 N–H and O–H groups in total. The van der Waals surface area contributed by atoms with Crippen LogP contribution in [0.25, 0.3) is 28.0 Å². The van der Waals surface area contributed by atoms with Gasteiger partial charge in [0.1, 0.15) is 11.6 Å². The van der Waals surface area contributed by atoms with E-state index in [-0.39, 0.29) is 39.8 Å². The summed E-state index contributed by atoms with van der Waals surface area (Å²) < 4.78 is 16.3. The van der Waals surface area contributed by atoms with Gasteiger partial charge in [0, 0.05) is 31.9 Å². The van der Waals surface area contributed by atoms with Gasteiger partial charge in [-0.3, -0.25) is 9.78 Å². The standard InChI is InChI=1S/C29H28ClFN6O2/c1-6-23(38)36-14-18(15-36)35(5)27-20-13-21(30)25(19-9-7-8-10-22(19)31)33-28(20)37(29(39)34-27)26-17(4)11-12-32-24(26)16(2)3/h6-13,16,18H,1,14-15H2,2-5H3. The van der Waals surface area contributed by atoms with Crippen molar-refractivity contribution in [2.24, 2.45) is 0 Å². The van der Waals surface area contributed by atoms with Crippen molar-refractivity contribution in [3.63, 3.8) is 0 Å². The summed E-state index contributed by atoms with van der Waals surface area (Å²) in [7, 11) is 1.82. The molecule has 0 atom stereocenters. The van der Waals surface area contributed by atoms with Crippen LogP contribution >= 0.6 is 11.6 Å². The van der Waals surface area contributed by atoms with Crippen LogP contribution < -0.4 is 10.6 Å². The number of pyridine rings is 2. The van der Waals surface area contributed by atoms with E-state index in [0.29, 0.717) is 35.7 Å². The number of aromatic nitrogens is 4. The number of carbonyl (C=O) groups excluding carboxylic acids is 1. The summed E-state index contributed by atoms with van der Waals surface area (Å²) in [4.78, 5) is 43.2. The smallest absolute Gasteiger partial charge is 0.352 e. The molecule has 0 unspecified atom stereocenters. The molecule has 0 spiro atoms. The first kappa shape index (κ1) is 26.5. The van der Waals surface area contributed by atoms with E-state index in [0.717, 1.165) is 5.56 Å². The van der Waals surface area contributed by atoms with Gasteiger partial charge in [-0.25, -0.2) is 18.7 Å². The van der Waals surface area contributed by atoms with Gasteiger partial charge >= 0.3 is 5.69 Å². The van der Waals surface area contributed by atoms with Crippen molar-refractivity contribution in [2.75, 3.05) is 25.0 Å². The minimum Gasteiger partial charge on any atom is -0.352 e. The zero-order valence-corrected chi connectivity index (χ0v) is 22.9. The lowest BCUT2D eigenvalue weighted by molar-refractivity contribution is -0.130. The van der Waals surface area contributed by atoms with E-state index < -0.39 is 11.5 Å². The van der Waals surface area contributed by atoms with Crippen LogP contribution in [0, 0.1) is 12.7 Å². The molecule has 0 radical (unpaired) electrons. The van der Waals surface area contributed by atoms with E-state index >= 15 is 0 Å². The average Bonchev–Trinajstić information content (AvgIpc) is 2.87. The Kier molecular flexibility index (Phi) is 6.94. The summed E-state index contributed by atoms with van der Waals surface area (Å²) in [6.45, 7) is 10.4. The second-order valence-electron chi connectivity index (χ2n) is 9.95. The van der Waals surface area contributed by atoms with Gasteiger partial charge in [-0.1, -0.05) is 44.2 Å². The number of nitrogens with zero attached hydrogens (tertiary/aromatic N) is 6. The first-order chi connectivity index (χ1) is 18.6. The normalized spacial score (nSPS) is 13.6. The molecule has 3 aromatic heterocycles. The molecule has 0 bridgehead atoms. The topological polar surface area (TPSA) is 84.2 Å². The van der Waals surface area contributed by atoms with Crippen LogP contribution in [0.4, 0.5) is 10.2 Å². The number of fused-ring (bicyclic) bond motifs is 1. The molecular weight excluding hydrogens is 519 g/mol. The number of amides is 1. The zero-order valence-electron chi connectivity index (χ0n) is 22.2. The van der Waals surface area contributed by atoms with Crippen LogP contribution in [0.15, 0.2) is 60.0 Å². The molecule has 200 valence electrons. The van der Waals surface area contributed by atoms with Crippen molar-refractivity contribution in [3.05, 3.63) is 87.8 Å². The van der Waals surface area contributed by atoms with Crippen LogP contribution in [-0.4, -0.2) is 56.5 Å². The molecule has 10 heteroatoms. The second kappa shape index (κ2) is 10.2.